The lowest BCUT2D eigenvalue weighted by atomic mass is 10.2. The SMILES string of the molecule is CCOc1ccc2cc(C(=O)N3CCc4cc(Br)ccc43)[nH]c2c1. The number of hydrogen-bond donors (Lipinski definition) is 1. The molecule has 2 aromatic carbocycles. The van der Waals surface area contributed by atoms with Crippen LogP contribution in [0.2, 0.25) is 0 Å². The first-order valence-corrected chi connectivity index (χ1v) is 8.81. The molecule has 1 amide bonds. The van der Waals surface area contributed by atoms with Crippen LogP contribution in [0.15, 0.2) is 46.9 Å². The van der Waals surface area contributed by atoms with Crippen LogP contribution in [-0.4, -0.2) is 24.0 Å². The van der Waals surface area contributed by atoms with Crippen LogP contribution < -0.4 is 9.64 Å². The Morgan fingerprint density at radius 1 is 1.25 bits per heavy atom. The highest BCUT2D eigenvalue weighted by Gasteiger charge is 2.26. The summed E-state index contributed by atoms with van der Waals surface area (Å²) in [5, 5.41) is 1.01. The minimum Gasteiger partial charge on any atom is -0.494 e. The number of rotatable bonds is 3. The van der Waals surface area contributed by atoms with Gasteiger partial charge < -0.3 is 14.6 Å². The molecule has 0 aliphatic carbocycles. The number of ether oxygens (including phenoxy) is 1. The first-order valence-electron chi connectivity index (χ1n) is 8.01. The summed E-state index contributed by atoms with van der Waals surface area (Å²) in [6.07, 6.45) is 0.884. The molecule has 1 N–H and O–H groups in total. The Morgan fingerprint density at radius 2 is 2.12 bits per heavy atom. The largest absolute Gasteiger partial charge is 0.494 e. The fraction of sp³-hybridized carbons (Fsp3) is 0.211. The van der Waals surface area contributed by atoms with Gasteiger partial charge in [-0.05, 0) is 55.3 Å². The highest BCUT2D eigenvalue weighted by atomic mass is 79.9. The van der Waals surface area contributed by atoms with E-state index in [-0.39, 0.29) is 5.91 Å². The van der Waals surface area contributed by atoms with Gasteiger partial charge in [-0.15, -0.1) is 0 Å². The lowest BCUT2D eigenvalue weighted by Gasteiger charge is -2.16. The van der Waals surface area contributed by atoms with E-state index in [2.05, 4.69) is 27.0 Å². The van der Waals surface area contributed by atoms with Crippen LogP contribution in [0.4, 0.5) is 5.69 Å². The molecule has 0 spiro atoms. The van der Waals surface area contributed by atoms with E-state index in [1.54, 1.807) is 0 Å². The Bertz CT molecular complexity index is 932. The van der Waals surface area contributed by atoms with Gasteiger partial charge in [0.05, 0.1) is 6.61 Å². The van der Waals surface area contributed by atoms with Crippen LogP contribution in [-0.2, 0) is 6.42 Å². The smallest absolute Gasteiger partial charge is 0.274 e. The fourth-order valence-electron chi connectivity index (χ4n) is 3.20. The number of H-pyrrole nitrogens is 1. The number of fused-ring (bicyclic) bond motifs is 2. The predicted molar refractivity (Wildman–Crippen MR) is 99.0 cm³/mol. The van der Waals surface area contributed by atoms with Gasteiger partial charge in [0.2, 0.25) is 0 Å². The summed E-state index contributed by atoms with van der Waals surface area (Å²) in [6.45, 7) is 3.29. The van der Waals surface area contributed by atoms with Crippen molar-refractivity contribution in [2.24, 2.45) is 0 Å². The van der Waals surface area contributed by atoms with Crippen LogP contribution in [0, 0.1) is 0 Å². The van der Waals surface area contributed by atoms with Crippen molar-refractivity contribution in [1.82, 2.24) is 4.98 Å². The highest BCUT2D eigenvalue weighted by molar-refractivity contribution is 9.10. The van der Waals surface area contributed by atoms with E-state index in [1.165, 1.54) is 5.56 Å². The molecule has 3 aromatic rings. The van der Waals surface area contributed by atoms with Crippen molar-refractivity contribution in [2.45, 2.75) is 13.3 Å². The van der Waals surface area contributed by atoms with E-state index in [0.29, 0.717) is 18.8 Å². The number of halogens is 1. The minimum atomic E-state index is 0.00484. The zero-order chi connectivity index (χ0) is 16.7. The Hall–Kier alpha value is -2.27. The third-order valence-electron chi connectivity index (χ3n) is 4.32. The number of nitrogens with one attached hydrogen (secondary N) is 1. The van der Waals surface area contributed by atoms with E-state index < -0.39 is 0 Å². The predicted octanol–water partition coefficient (Wildman–Crippen LogP) is 4.53. The second-order valence-corrected chi connectivity index (χ2v) is 6.76. The van der Waals surface area contributed by atoms with Gasteiger partial charge in [0, 0.05) is 33.7 Å². The van der Waals surface area contributed by atoms with Crippen molar-refractivity contribution in [3.05, 3.63) is 58.2 Å². The normalized spacial score (nSPS) is 13.3. The van der Waals surface area contributed by atoms with E-state index in [1.807, 2.05) is 48.2 Å². The third kappa shape index (κ3) is 2.59. The molecule has 4 rings (SSSR count). The van der Waals surface area contributed by atoms with E-state index in [4.69, 9.17) is 4.74 Å². The molecule has 1 aromatic heterocycles. The number of anilines is 1. The zero-order valence-corrected chi connectivity index (χ0v) is 14.9. The lowest BCUT2D eigenvalue weighted by molar-refractivity contribution is 0.0985. The molecule has 1 aliphatic heterocycles. The summed E-state index contributed by atoms with van der Waals surface area (Å²) in [5.41, 5.74) is 3.72. The van der Waals surface area contributed by atoms with E-state index >= 15 is 0 Å². The molecule has 0 saturated heterocycles. The Balaban J connectivity index is 1.67. The van der Waals surface area contributed by atoms with Gasteiger partial charge in [-0.25, -0.2) is 0 Å². The van der Waals surface area contributed by atoms with Gasteiger partial charge in [0.15, 0.2) is 0 Å². The van der Waals surface area contributed by atoms with Gasteiger partial charge in [-0.1, -0.05) is 15.9 Å². The molecular formula is C19H17BrN2O2. The standard InChI is InChI=1S/C19H17BrN2O2/c1-2-24-15-5-3-12-10-17(21-16(12)11-15)19(23)22-8-7-13-9-14(20)4-6-18(13)22/h3-6,9-11,21H,2,7-8H2,1H3. The molecular weight excluding hydrogens is 368 g/mol. The number of nitrogens with zero attached hydrogens (tertiary/aromatic N) is 1. The van der Waals surface area contributed by atoms with Crippen LogP contribution in [0.3, 0.4) is 0 Å². The van der Waals surface area contributed by atoms with Crippen LogP contribution >= 0.6 is 15.9 Å². The fourth-order valence-corrected chi connectivity index (χ4v) is 3.61. The Labute approximate surface area is 148 Å². The second-order valence-electron chi connectivity index (χ2n) is 5.84. The molecule has 0 saturated carbocycles. The monoisotopic (exact) mass is 384 g/mol. The number of carbonyl (C=O) groups is 1. The third-order valence-corrected chi connectivity index (χ3v) is 4.81. The second kappa shape index (κ2) is 5.98. The number of amides is 1. The van der Waals surface area contributed by atoms with Crippen molar-refractivity contribution in [3.8, 4) is 5.75 Å². The average Bonchev–Trinajstić information content (AvgIpc) is 3.17. The first kappa shape index (κ1) is 15.3. The number of aromatic amines is 1. The van der Waals surface area contributed by atoms with Gasteiger partial charge in [0.25, 0.3) is 5.91 Å². The molecule has 4 nitrogen and oxygen atoms in total. The molecule has 0 bridgehead atoms. The molecule has 0 atom stereocenters. The first-order chi connectivity index (χ1) is 11.7. The molecule has 24 heavy (non-hydrogen) atoms. The van der Waals surface area contributed by atoms with Crippen molar-refractivity contribution < 1.29 is 9.53 Å². The Morgan fingerprint density at radius 3 is 2.96 bits per heavy atom. The van der Waals surface area contributed by atoms with Crippen LogP contribution in [0.1, 0.15) is 23.0 Å². The summed E-state index contributed by atoms with van der Waals surface area (Å²) < 4.78 is 6.57. The van der Waals surface area contributed by atoms with Crippen molar-refractivity contribution in [1.29, 1.82) is 0 Å². The van der Waals surface area contributed by atoms with E-state index in [9.17, 15) is 4.79 Å². The summed E-state index contributed by atoms with van der Waals surface area (Å²) in [6, 6.07) is 13.8. The zero-order valence-electron chi connectivity index (χ0n) is 13.3. The van der Waals surface area contributed by atoms with Crippen molar-refractivity contribution >= 4 is 38.4 Å². The maximum atomic E-state index is 12.9. The van der Waals surface area contributed by atoms with E-state index in [0.717, 1.165) is 33.2 Å². The molecule has 0 unspecified atom stereocenters. The topological polar surface area (TPSA) is 45.3 Å². The van der Waals surface area contributed by atoms with Gasteiger partial charge >= 0.3 is 0 Å². The highest BCUT2D eigenvalue weighted by Crippen LogP contribution is 2.32. The molecule has 122 valence electrons. The summed E-state index contributed by atoms with van der Waals surface area (Å²) in [5.74, 6) is 0.812. The van der Waals surface area contributed by atoms with Gasteiger partial charge in [0.1, 0.15) is 11.4 Å². The van der Waals surface area contributed by atoms with Gasteiger partial charge in [-0.2, -0.15) is 0 Å². The number of benzene rings is 2. The van der Waals surface area contributed by atoms with Crippen molar-refractivity contribution in [3.63, 3.8) is 0 Å². The Kier molecular flexibility index (Phi) is 3.81. The summed E-state index contributed by atoms with van der Waals surface area (Å²) in [4.78, 5) is 18.0. The van der Waals surface area contributed by atoms with Crippen LogP contribution in [0.25, 0.3) is 10.9 Å². The number of carbonyl (C=O) groups excluding carboxylic acids is 1. The van der Waals surface area contributed by atoms with Crippen LogP contribution in [0.5, 0.6) is 5.75 Å². The lowest BCUT2D eigenvalue weighted by Crippen LogP contribution is -2.29. The average molecular weight is 385 g/mol. The molecule has 2 heterocycles. The molecule has 5 heteroatoms. The van der Waals surface area contributed by atoms with Gasteiger partial charge in [-0.3, -0.25) is 4.79 Å². The molecule has 0 fully saturated rings. The quantitative estimate of drug-likeness (QED) is 0.720. The number of hydrogen-bond acceptors (Lipinski definition) is 2. The summed E-state index contributed by atoms with van der Waals surface area (Å²) in [7, 11) is 0. The molecule has 0 radical (unpaired) electrons. The minimum absolute atomic E-state index is 0.00484. The molecule has 1 aliphatic rings. The summed E-state index contributed by atoms with van der Waals surface area (Å²) >= 11 is 3.49. The maximum absolute atomic E-state index is 12.9. The van der Waals surface area contributed by atoms with Crippen molar-refractivity contribution in [2.75, 3.05) is 18.1 Å². The number of aromatic nitrogens is 1. The maximum Gasteiger partial charge on any atom is 0.274 e.